The fourth-order valence-corrected chi connectivity index (χ4v) is 2.31. The number of rotatable bonds is 0. The molecule has 0 amide bonds. The number of hydrogen-bond acceptors (Lipinski definition) is 3. The Morgan fingerprint density at radius 1 is 1.40 bits per heavy atom. The first-order chi connectivity index (χ1) is 4.86. The quantitative estimate of drug-likeness (QED) is 0.500. The van der Waals surface area contributed by atoms with Gasteiger partial charge in [-0.15, -0.1) is 0 Å². The molecular formula is C7H14N2S. The van der Waals surface area contributed by atoms with Crippen LogP contribution in [0.25, 0.3) is 0 Å². The van der Waals surface area contributed by atoms with Gasteiger partial charge in [-0.2, -0.15) is 0 Å². The molecule has 0 saturated carbocycles. The normalized spacial score (nSPS) is 41.7. The van der Waals surface area contributed by atoms with E-state index in [1.807, 2.05) is 0 Å². The van der Waals surface area contributed by atoms with Gasteiger partial charge in [0.15, 0.2) is 0 Å². The largest absolute Gasteiger partial charge is 0.312 e. The average molecular weight is 158 g/mol. The molecule has 0 spiro atoms. The summed E-state index contributed by atoms with van der Waals surface area (Å²) in [7, 11) is 0. The predicted octanol–water partition coefficient (Wildman–Crippen LogP) is 0.515. The van der Waals surface area contributed by atoms with Crippen LogP contribution in [0.3, 0.4) is 0 Å². The Bertz CT molecular complexity index is 129. The van der Waals surface area contributed by atoms with Gasteiger partial charge in [-0.1, -0.05) is 12.8 Å². The molecule has 2 heterocycles. The van der Waals surface area contributed by atoms with Gasteiger partial charge in [-0.25, -0.2) is 0 Å². The lowest BCUT2D eigenvalue weighted by Crippen LogP contribution is -2.42. The summed E-state index contributed by atoms with van der Waals surface area (Å²) >= 11 is 4.34. The van der Waals surface area contributed by atoms with E-state index in [2.05, 4.69) is 22.4 Å². The van der Waals surface area contributed by atoms with E-state index in [0.29, 0.717) is 0 Å². The van der Waals surface area contributed by atoms with Crippen LogP contribution in [0.4, 0.5) is 0 Å². The summed E-state index contributed by atoms with van der Waals surface area (Å²) in [6.45, 7) is 3.52. The Morgan fingerprint density at radius 2 is 2.30 bits per heavy atom. The van der Waals surface area contributed by atoms with Crippen LogP contribution in [0.15, 0.2) is 0 Å². The highest BCUT2D eigenvalue weighted by Crippen LogP contribution is 2.25. The van der Waals surface area contributed by atoms with Crippen LogP contribution in [-0.4, -0.2) is 30.0 Å². The van der Waals surface area contributed by atoms with E-state index in [0.717, 1.165) is 18.5 Å². The predicted molar refractivity (Wildman–Crippen MR) is 45.1 cm³/mol. The van der Waals surface area contributed by atoms with Crippen molar-refractivity contribution in [2.45, 2.75) is 18.9 Å². The summed E-state index contributed by atoms with van der Waals surface area (Å²) in [5.41, 5.74) is 0. The highest BCUT2D eigenvalue weighted by molar-refractivity contribution is 7.77. The van der Waals surface area contributed by atoms with Crippen molar-refractivity contribution in [2.24, 2.45) is 5.92 Å². The second kappa shape index (κ2) is 2.72. The number of piperidine rings is 1. The summed E-state index contributed by atoms with van der Waals surface area (Å²) < 4.78 is 2.12. The molecule has 2 unspecified atom stereocenters. The highest BCUT2D eigenvalue weighted by atomic mass is 32.1. The first-order valence-electron chi connectivity index (χ1n) is 4.03. The zero-order valence-electron chi connectivity index (χ0n) is 6.08. The lowest BCUT2D eigenvalue weighted by atomic mass is 9.94. The van der Waals surface area contributed by atoms with Crippen LogP contribution < -0.4 is 5.32 Å². The van der Waals surface area contributed by atoms with E-state index in [1.165, 1.54) is 25.9 Å². The molecule has 0 aromatic heterocycles. The summed E-state index contributed by atoms with van der Waals surface area (Å²) in [6.07, 6.45) is 2.72. The number of thiol groups is 1. The van der Waals surface area contributed by atoms with E-state index in [1.54, 1.807) is 0 Å². The van der Waals surface area contributed by atoms with Gasteiger partial charge in [-0.05, 0) is 25.3 Å². The van der Waals surface area contributed by atoms with Crippen molar-refractivity contribution in [2.75, 3.05) is 19.6 Å². The zero-order chi connectivity index (χ0) is 6.97. The molecule has 2 nitrogen and oxygen atoms in total. The molecule has 0 bridgehead atoms. The van der Waals surface area contributed by atoms with E-state index >= 15 is 0 Å². The topological polar surface area (TPSA) is 15.3 Å². The third-order valence-electron chi connectivity index (χ3n) is 2.66. The van der Waals surface area contributed by atoms with Crippen LogP contribution in [-0.2, 0) is 0 Å². The Hall–Kier alpha value is 0.270. The van der Waals surface area contributed by atoms with E-state index < -0.39 is 0 Å². The van der Waals surface area contributed by atoms with E-state index in [4.69, 9.17) is 0 Å². The molecule has 2 rings (SSSR count). The molecule has 2 saturated heterocycles. The van der Waals surface area contributed by atoms with Gasteiger partial charge in [-0.3, -0.25) is 4.31 Å². The van der Waals surface area contributed by atoms with Crippen molar-refractivity contribution in [1.82, 2.24) is 9.62 Å². The third-order valence-corrected chi connectivity index (χ3v) is 3.02. The highest BCUT2D eigenvalue weighted by Gasteiger charge is 2.31. The number of fused-ring (bicyclic) bond motifs is 1. The van der Waals surface area contributed by atoms with Crippen molar-refractivity contribution < 1.29 is 0 Å². The molecule has 2 aliphatic heterocycles. The van der Waals surface area contributed by atoms with Crippen molar-refractivity contribution in [3.05, 3.63) is 0 Å². The molecule has 2 atom stereocenters. The monoisotopic (exact) mass is 158 g/mol. The molecule has 2 aliphatic rings. The molecule has 0 aliphatic carbocycles. The van der Waals surface area contributed by atoms with Gasteiger partial charge < -0.3 is 5.32 Å². The van der Waals surface area contributed by atoms with Crippen molar-refractivity contribution in [1.29, 1.82) is 0 Å². The molecule has 3 heteroatoms. The van der Waals surface area contributed by atoms with Crippen LogP contribution in [0.1, 0.15) is 12.8 Å². The second-order valence-electron chi connectivity index (χ2n) is 3.31. The molecule has 0 aromatic carbocycles. The first kappa shape index (κ1) is 6.95. The smallest absolute Gasteiger partial charge is 0.0244 e. The van der Waals surface area contributed by atoms with Crippen LogP contribution in [0.2, 0.25) is 0 Å². The lowest BCUT2D eigenvalue weighted by Gasteiger charge is -2.30. The Kier molecular flexibility index (Phi) is 1.89. The Labute approximate surface area is 67.5 Å². The van der Waals surface area contributed by atoms with Gasteiger partial charge >= 0.3 is 0 Å². The zero-order valence-corrected chi connectivity index (χ0v) is 6.98. The first-order valence-corrected chi connectivity index (χ1v) is 4.43. The fraction of sp³-hybridized carbons (Fsp3) is 1.00. The van der Waals surface area contributed by atoms with Gasteiger partial charge in [0, 0.05) is 19.1 Å². The van der Waals surface area contributed by atoms with Gasteiger partial charge in [0.05, 0.1) is 0 Å². The summed E-state index contributed by atoms with van der Waals surface area (Å²) in [5.74, 6) is 0.948. The molecule has 1 N–H and O–H groups in total. The fourth-order valence-electron chi connectivity index (χ4n) is 2.01. The maximum Gasteiger partial charge on any atom is 0.0244 e. The van der Waals surface area contributed by atoms with E-state index in [-0.39, 0.29) is 0 Å². The Morgan fingerprint density at radius 3 is 3.20 bits per heavy atom. The minimum absolute atomic E-state index is 0.742. The molecule has 0 aromatic rings. The van der Waals surface area contributed by atoms with Gasteiger partial charge in [0.25, 0.3) is 0 Å². The minimum Gasteiger partial charge on any atom is -0.312 e. The number of nitrogens with zero attached hydrogens (tertiary/aromatic N) is 1. The summed E-state index contributed by atoms with van der Waals surface area (Å²) in [5, 5.41) is 3.50. The standard InChI is InChI=1S/C7H14N2S/c10-9-4-2-6-1-3-8-7(6)5-9/h6-8,10H,1-5H2. The average Bonchev–Trinajstić information content (AvgIpc) is 2.33. The van der Waals surface area contributed by atoms with Crippen LogP contribution in [0, 0.1) is 5.92 Å². The minimum atomic E-state index is 0.742. The van der Waals surface area contributed by atoms with Crippen molar-refractivity contribution >= 4 is 12.8 Å². The summed E-state index contributed by atoms with van der Waals surface area (Å²) in [6, 6.07) is 0.742. The molecule has 2 fully saturated rings. The SMILES string of the molecule is SN1CCC2CCNC2C1. The molecule has 58 valence electrons. The maximum atomic E-state index is 4.34. The third kappa shape index (κ3) is 1.18. The summed E-state index contributed by atoms with van der Waals surface area (Å²) in [4.78, 5) is 0. The molecule has 10 heavy (non-hydrogen) atoms. The van der Waals surface area contributed by atoms with Crippen molar-refractivity contribution in [3.8, 4) is 0 Å². The maximum absolute atomic E-state index is 4.34. The van der Waals surface area contributed by atoms with Crippen LogP contribution in [0.5, 0.6) is 0 Å². The molecular weight excluding hydrogens is 144 g/mol. The lowest BCUT2D eigenvalue weighted by molar-refractivity contribution is 0.267. The van der Waals surface area contributed by atoms with Gasteiger partial charge in [0.2, 0.25) is 0 Å². The van der Waals surface area contributed by atoms with Crippen LogP contribution >= 0.6 is 12.8 Å². The second-order valence-corrected chi connectivity index (χ2v) is 3.88. The number of nitrogens with one attached hydrogen (secondary N) is 1. The molecule has 0 radical (unpaired) electrons. The number of hydrogen-bond donors (Lipinski definition) is 2. The van der Waals surface area contributed by atoms with Gasteiger partial charge in [0.1, 0.15) is 0 Å². The van der Waals surface area contributed by atoms with E-state index in [9.17, 15) is 0 Å². The van der Waals surface area contributed by atoms with Crippen molar-refractivity contribution in [3.63, 3.8) is 0 Å². The Balaban J connectivity index is 1.96.